The summed E-state index contributed by atoms with van der Waals surface area (Å²) in [6, 6.07) is 20.7. The van der Waals surface area contributed by atoms with Crippen LogP contribution in [0.5, 0.6) is 0 Å². The van der Waals surface area contributed by atoms with E-state index in [9.17, 15) is 25.1 Å². The second-order valence-corrected chi connectivity index (χ2v) is 8.36. The Hall–Kier alpha value is -4.05. The Balaban J connectivity index is 1.78. The first-order valence-electron chi connectivity index (χ1n) is 11.1. The number of carbonyl (C=O) groups excluding carboxylic acids is 1. The fourth-order valence-corrected chi connectivity index (χ4v) is 4.24. The van der Waals surface area contributed by atoms with Crippen molar-refractivity contribution in [2.24, 2.45) is 5.73 Å². The Labute approximate surface area is 202 Å². The van der Waals surface area contributed by atoms with Crippen molar-refractivity contribution in [1.29, 1.82) is 0 Å². The predicted molar refractivity (Wildman–Crippen MR) is 134 cm³/mol. The van der Waals surface area contributed by atoms with E-state index in [2.05, 4.69) is 10.6 Å². The number of nitrogens with two attached hydrogens (primary N) is 1. The maximum absolute atomic E-state index is 13.0. The van der Waals surface area contributed by atoms with Gasteiger partial charge in [-0.25, -0.2) is 0 Å². The molecule has 3 aromatic carbocycles. The van der Waals surface area contributed by atoms with Crippen LogP contribution in [0.4, 0.5) is 17.1 Å². The van der Waals surface area contributed by atoms with Crippen molar-refractivity contribution < 1.29 is 19.9 Å². The van der Waals surface area contributed by atoms with Crippen LogP contribution in [-0.2, 0) is 10.3 Å². The largest absolute Gasteiger partial charge is 0.396 e. The van der Waals surface area contributed by atoms with E-state index in [0.717, 1.165) is 11.1 Å². The molecule has 0 bridgehead atoms. The lowest BCUT2D eigenvalue weighted by atomic mass is 9.85. The molecule has 0 saturated heterocycles. The van der Waals surface area contributed by atoms with E-state index in [1.54, 1.807) is 12.1 Å². The lowest BCUT2D eigenvalue weighted by Crippen LogP contribution is -2.38. The van der Waals surface area contributed by atoms with Crippen LogP contribution in [0.1, 0.15) is 29.5 Å². The smallest absolute Gasteiger partial charge is 0.270 e. The van der Waals surface area contributed by atoms with Crippen molar-refractivity contribution in [1.82, 2.24) is 0 Å². The van der Waals surface area contributed by atoms with Crippen molar-refractivity contribution in [3.63, 3.8) is 0 Å². The van der Waals surface area contributed by atoms with Crippen molar-refractivity contribution in [2.45, 2.75) is 18.4 Å². The Morgan fingerprint density at radius 3 is 2.26 bits per heavy atom. The molecule has 1 aliphatic heterocycles. The first-order chi connectivity index (χ1) is 16.9. The molecular formula is C26H26N4O5. The standard InChI is InChI=1S/C26H26N4O5/c27-26(12-14-31,13-15-32)18-6-8-19(9-7-18)28-24(17-4-2-1-3-5-17)23-21-16-20(30(34)35)10-11-22(21)29-25(23)33/h1-11,16,28,31-32H,12-15,27H2,(H,29,33). The number of nitrogens with one attached hydrogen (secondary N) is 2. The zero-order valence-electron chi connectivity index (χ0n) is 18.9. The molecule has 9 nitrogen and oxygen atoms in total. The Bertz CT molecular complexity index is 1270. The highest BCUT2D eigenvalue weighted by molar-refractivity contribution is 6.37. The second kappa shape index (κ2) is 10.1. The molecule has 0 spiro atoms. The molecule has 3 aromatic rings. The molecule has 1 heterocycles. The topological polar surface area (TPSA) is 151 Å². The number of fused-ring (bicyclic) bond motifs is 1. The molecular weight excluding hydrogens is 448 g/mol. The number of hydrogen-bond donors (Lipinski definition) is 5. The van der Waals surface area contributed by atoms with Gasteiger partial charge in [0.25, 0.3) is 11.6 Å². The van der Waals surface area contributed by atoms with E-state index in [0.29, 0.717) is 41.1 Å². The second-order valence-electron chi connectivity index (χ2n) is 8.36. The number of nitro benzene ring substituents is 1. The van der Waals surface area contributed by atoms with Crippen LogP contribution < -0.4 is 16.4 Å². The number of non-ortho nitro benzene ring substituents is 1. The highest BCUT2D eigenvalue weighted by Gasteiger charge is 2.30. The SMILES string of the molecule is NC(CCO)(CCO)c1ccc(NC(=C2C(=O)Nc3ccc([N+](=O)[O-])cc32)c2ccccc2)cc1. The number of benzene rings is 3. The van der Waals surface area contributed by atoms with E-state index < -0.39 is 10.5 Å². The number of hydrogen-bond acceptors (Lipinski definition) is 7. The van der Waals surface area contributed by atoms with Crippen molar-refractivity contribution in [3.05, 3.63) is 99.6 Å². The summed E-state index contributed by atoms with van der Waals surface area (Å²) in [4.78, 5) is 23.9. The van der Waals surface area contributed by atoms with Crippen LogP contribution in [0.2, 0.25) is 0 Å². The summed E-state index contributed by atoms with van der Waals surface area (Å²) in [7, 11) is 0. The van der Waals surface area contributed by atoms with Crippen LogP contribution in [-0.4, -0.2) is 34.3 Å². The maximum Gasteiger partial charge on any atom is 0.270 e. The molecule has 0 radical (unpaired) electrons. The number of aliphatic hydroxyl groups is 2. The zero-order valence-corrected chi connectivity index (χ0v) is 18.9. The fourth-order valence-electron chi connectivity index (χ4n) is 4.24. The fraction of sp³-hybridized carbons (Fsp3) is 0.192. The minimum Gasteiger partial charge on any atom is -0.396 e. The normalized spacial score (nSPS) is 14.3. The number of rotatable bonds is 9. The molecule has 1 aliphatic rings. The van der Waals surface area contributed by atoms with Crippen molar-refractivity contribution >= 4 is 34.2 Å². The average molecular weight is 475 g/mol. The molecule has 0 atom stereocenters. The number of nitro groups is 1. The number of aliphatic hydroxyl groups excluding tert-OH is 2. The molecule has 180 valence electrons. The quantitative estimate of drug-likeness (QED) is 0.181. The van der Waals surface area contributed by atoms with Gasteiger partial charge in [-0.3, -0.25) is 14.9 Å². The van der Waals surface area contributed by atoms with E-state index in [4.69, 9.17) is 5.73 Å². The molecule has 0 saturated carbocycles. The molecule has 1 amide bonds. The van der Waals surface area contributed by atoms with Gasteiger partial charge in [-0.1, -0.05) is 42.5 Å². The molecule has 0 aliphatic carbocycles. The third-order valence-corrected chi connectivity index (χ3v) is 6.12. The molecule has 4 rings (SSSR count). The number of nitrogens with zero attached hydrogens (tertiary/aromatic N) is 1. The summed E-state index contributed by atoms with van der Waals surface area (Å²) in [5.74, 6) is -0.365. The van der Waals surface area contributed by atoms with Gasteiger partial charge in [0.2, 0.25) is 0 Å². The molecule has 0 unspecified atom stereocenters. The zero-order chi connectivity index (χ0) is 25.0. The number of amides is 1. The van der Waals surface area contributed by atoms with Crippen LogP contribution >= 0.6 is 0 Å². The minimum absolute atomic E-state index is 0.110. The summed E-state index contributed by atoms with van der Waals surface area (Å²) < 4.78 is 0. The van der Waals surface area contributed by atoms with Gasteiger partial charge in [0.15, 0.2) is 0 Å². The van der Waals surface area contributed by atoms with Crippen LogP contribution in [0.25, 0.3) is 11.3 Å². The molecule has 0 aromatic heterocycles. The molecule has 6 N–H and O–H groups in total. The van der Waals surface area contributed by atoms with Gasteiger partial charge in [0, 0.05) is 47.8 Å². The van der Waals surface area contributed by atoms with Gasteiger partial charge < -0.3 is 26.6 Å². The number of anilines is 2. The van der Waals surface area contributed by atoms with E-state index >= 15 is 0 Å². The van der Waals surface area contributed by atoms with Crippen molar-refractivity contribution in [2.75, 3.05) is 23.8 Å². The molecule has 35 heavy (non-hydrogen) atoms. The summed E-state index contributed by atoms with van der Waals surface area (Å²) in [6.07, 6.45) is 0.602. The first-order valence-corrected chi connectivity index (χ1v) is 11.1. The van der Waals surface area contributed by atoms with E-state index in [1.165, 1.54) is 18.2 Å². The lowest BCUT2D eigenvalue weighted by Gasteiger charge is -2.29. The summed E-state index contributed by atoms with van der Waals surface area (Å²) in [5, 5.41) is 36.3. The summed E-state index contributed by atoms with van der Waals surface area (Å²) >= 11 is 0. The highest BCUT2D eigenvalue weighted by atomic mass is 16.6. The number of carbonyl (C=O) groups is 1. The van der Waals surface area contributed by atoms with Crippen LogP contribution in [0.3, 0.4) is 0 Å². The van der Waals surface area contributed by atoms with Gasteiger partial charge in [0.1, 0.15) is 0 Å². The average Bonchev–Trinajstić information content (AvgIpc) is 3.18. The minimum atomic E-state index is -0.869. The van der Waals surface area contributed by atoms with E-state index in [-0.39, 0.29) is 24.8 Å². The van der Waals surface area contributed by atoms with Gasteiger partial charge >= 0.3 is 0 Å². The highest BCUT2D eigenvalue weighted by Crippen LogP contribution is 2.39. The van der Waals surface area contributed by atoms with Gasteiger partial charge in [-0.05, 0) is 42.2 Å². The Morgan fingerprint density at radius 1 is 1.00 bits per heavy atom. The molecule has 9 heteroatoms. The Morgan fingerprint density at radius 2 is 1.66 bits per heavy atom. The van der Waals surface area contributed by atoms with Gasteiger partial charge in [-0.15, -0.1) is 0 Å². The van der Waals surface area contributed by atoms with E-state index in [1.807, 2.05) is 42.5 Å². The summed E-state index contributed by atoms with van der Waals surface area (Å²) in [6.45, 7) is -0.219. The maximum atomic E-state index is 13.0. The summed E-state index contributed by atoms with van der Waals surface area (Å²) in [5.41, 5.74) is 9.36. The van der Waals surface area contributed by atoms with Crippen LogP contribution in [0.15, 0.2) is 72.8 Å². The van der Waals surface area contributed by atoms with Crippen LogP contribution in [0, 0.1) is 10.1 Å². The first kappa shape index (κ1) is 24.1. The monoisotopic (exact) mass is 474 g/mol. The molecule has 0 fully saturated rings. The van der Waals surface area contributed by atoms with Gasteiger partial charge in [-0.2, -0.15) is 0 Å². The van der Waals surface area contributed by atoms with Gasteiger partial charge in [0.05, 0.1) is 16.2 Å². The third-order valence-electron chi connectivity index (χ3n) is 6.12. The predicted octanol–water partition coefficient (Wildman–Crippen LogP) is 3.45. The Kier molecular flexibility index (Phi) is 6.92. The van der Waals surface area contributed by atoms with Crippen molar-refractivity contribution in [3.8, 4) is 0 Å². The third kappa shape index (κ3) is 4.92. The lowest BCUT2D eigenvalue weighted by molar-refractivity contribution is -0.384.